The first-order valence-electron chi connectivity index (χ1n) is 8.40. The maximum absolute atomic E-state index is 12.1. The summed E-state index contributed by atoms with van der Waals surface area (Å²) < 4.78 is 15.4. The number of nitrogens with zero attached hydrogens (tertiary/aromatic N) is 3. The van der Waals surface area contributed by atoms with E-state index in [4.69, 9.17) is 14.2 Å². The lowest BCUT2D eigenvalue weighted by atomic mass is 10.2. The summed E-state index contributed by atoms with van der Waals surface area (Å²) in [6, 6.07) is 7.20. The Balaban J connectivity index is 2.33. The van der Waals surface area contributed by atoms with Crippen molar-refractivity contribution in [1.29, 1.82) is 0 Å². The Hall–Kier alpha value is -3.69. The van der Waals surface area contributed by atoms with Gasteiger partial charge in [0.1, 0.15) is 11.5 Å². The van der Waals surface area contributed by atoms with Crippen LogP contribution in [0.2, 0.25) is 0 Å². The number of ether oxygens (including phenoxy) is 3. The lowest BCUT2D eigenvalue weighted by molar-refractivity contribution is -0.385. The van der Waals surface area contributed by atoms with Crippen LogP contribution in [0.15, 0.2) is 36.5 Å². The van der Waals surface area contributed by atoms with Gasteiger partial charge in [-0.1, -0.05) is 0 Å². The van der Waals surface area contributed by atoms with E-state index >= 15 is 0 Å². The summed E-state index contributed by atoms with van der Waals surface area (Å²) in [7, 11) is 0. The summed E-state index contributed by atoms with van der Waals surface area (Å²) >= 11 is 0. The molecule has 1 aromatic carbocycles. The molecule has 0 radical (unpaired) electrons. The number of rotatable bonds is 6. The largest absolute Gasteiger partial charge is 0.457 e. The minimum atomic E-state index is -0.948. The van der Waals surface area contributed by atoms with Crippen LogP contribution in [0.25, 0.3) is 0 Å². The molecule has 0 spiro atoms. The van der Waals surface area contributed by atoms with E-state index in [1.165, 1.54) is 24.4 Å². The van der Waals surface area contributed by atoms with Crippen LogP contribution in [0, 0.1) is 17.0 Å². The molecule has 28 heavy (non-hydrogen) atoms. The van der Waals surface area contributed by atoms with Crippen molar-refractivity contribution in [3.8, 4) is 11.5 Å². The molecule has 0 aliphatic carbocycles. The number of carbonyl (C=O) groups excluding carboxylic acids is 2. The standard InChI is InChI=1S/C18H19N3O7/c1-4-26-17(22)20(18(23)27-5-2)16-11-14(8-9-19-16)28-13-7-6-12(3)15(10-13)21(24)25/h6-11H,4-5H2,1-3H3. The van der Waals surface area contributed by atoms with Gasteiger partial charge in [0.15, 0.2) is 5.82 Å². The van der Waals surface area contributed by atoms with Crippen molar-refractivity contribution in [2.24, 2.45) is 0 Å². The molecule has 10 nitrogen and oxygen atoms in total. The van der Waals surface area contributed by atoms with Crippen molar-refractivity contribution in [1.82, 2.24) is 4.98 Å². The van der Waals surface area contributed by atoms with Gasteiger partial charge in [0, 0.05) is 17.8 Å². The normalized spacial score (nSPS) is 10.1. The molecule has 0 N–H and O–H groups in total. The van der Waals surface area contributed by atoms with Gasteiger partial charge in [-0.25, -0.2) is 14.6 Å². The van der Waals surface area contributed by atoms with Crippen molar-refractivity contribution in [2.45, 2.75) is 20.8 Å². The number of imide groups is 1. The molecule has 2 aromatic rings. The van der Waals surface area contributed by atoms with Gasteiger partial charge in [-0.15, -0.1) is 0 Å². The Kier molecular flexibility index (Phi) is 6.85. The van der Waals surface area contributed by atoms with Gasteiger partial charge in [-0.3, -0.25) is 10.1 Å². The van der Waals surface area contributed by atoms with E-state index in [1.54, 1.807) is 32.9 Å². The van der Waals surface area contributed by atoms with E-state index in [1.807, 2.05) is 0 Å². The maximum Gasteiger partial charge on any atom is 0.425 e. The molecule has 0 saturated heterocycles. The van der Waals surface area contributed by atoms with Crippen molar-refractivity contribution in [3.63, 3.8) is 0 Å². The van der Waals surface area contributed by atoms with Crippen molar-refractivity contribution in [2.75, 3.05) is 18.1 Å². The van der Waals surface area contributed by atoms with E-state index in [2.05, 4.69) is 4.98 Å². The number of pyridine rings is 1. The summed E-state index contributed by atoms with van der Waals surface area (Å²) in [6.45, 7) is 4.91. The molecular weight excluding hydrogens is 370 g/mol. The van der Waals surface area contributed by atoms with Crippen molar-refractivity contribution < 1.29 is 28.7 Å². The molecule has 10 heteroatoms. The second-order valence-corrected chi connectivity index (χ2v) is 5.39. The lowest BCUT2D eigenvalue weighted by Gasteiger charge is -2.18. The van der Waals surface area contributed by atoms with Gasteiger partial charge in [-0.05, 0) is 39.0 Å². The van der Waals surface area contributed by atoms with Crippen LogP contribution in [0.5, 0.6) is 11.5 Å². The Labute approximate surface area is 160 Å². The highest BCUT2D eigenvalue weighted by molar-refractivity contribution is 6.08. The number of aryl methyl sites for hydroxylation is 1. The first-order chi connectivity index (χ1) is 13.4. The number of aromatic nitrogens is 1. The van der Waals surface area contributed by atoms with E-state index < -0.39 is 17.1 Å². The van der Waals surface area contributed by atoms with Gasteiger partial charge in [-0.2, -0.15) is 4.90 Å². The molecule has 0 aliphatic heterocycles. The number of hydrogen-bond donors (Lipinski definition) is 0. The number of amides is 2. The Morgan fingerprint density at radius 1 is 1.07 bits per heavy atom. The van der Waals surface area contributed by atoms with Crippen molar-refractivity contribution >= 4 is 23.7 Å². The van der Waals surface area contributed by atoms with Crippen LogP contribution in [0.3, 0.4) is 0 Å². The van der Waals surface area contributed by atoms with Crippen molar-refractivity contribution in [3.05, 3.63) is 52.2 Å². The maximum atomic E-state index is 12.1. The number of nitro benzene ring substituents is 1. The lowest BCUT2D eigenvalue weighted by Crippen LogP contribution is -2.38. The number of benzene rings is 1. The van der Waals surface area contributed by atoms with Crippen LogP contribution in [0.1, 0.15) is 19.4 Å². The highest BCUT2D eigenvalue weighted by Crippen LogP contribution is 2.29. The third-order valence-electron chi connectivity index (χ3n) is 3.46. The zero-order valence-corrected chi connectivity index (χ0v) is 15.6. The molecule has 2 amide bonds. The summed E-state index contributed by atoms with van der Waals surface area (Å²) in [5.74, 6) is 0.353. The average molecular weight is 389 g/mol. The fourth-order valence-corrected chi connectivity index (χ4v) is 2.21. The van der Waals surface area contributed by atoms with Gasteiger partial charge in [0.05, 0.1) is 24.2 Å². The van der Waals surface area contributed by atoms with Crippen LogP contribution >= 0.6 is 0 Å². The predicted molar refractivity (Wildman–Crippen MR) is 98.7 cm³/mol. The van der Waals surface area contributed by atoms with E-state index in [0.29, 0.717) is 10.5 Å². The molecule has 0 fully saturated rings. The summed E-state index contributed by atoms with van der Waals surface area (Å²) in [4.78, 5) is 39.5. The van der Waals surface area contributed by atoms with Gasteiger partial charge in [0.2, 0.25) is 0 Å². The highest BCUT2D eigenvalue weighted by Gasteiger charge is 2.28. The quantitative estimate of drug-likeness (QED) is 0.532. The third kappa shape index (κ3) is 4.93. The van der Waals surface area contributed by atoms with Crippen LogP contribution in [-0.2, 0) is 9.47 Å². The van der Waals surface area contributed by atoms with Gasteiger partial charge >= 0.3 is 12.2 Å². The molecule has 1 aromatic heterocycles. The Morgan fingerprint density at radius 3 is 2.25 bits per heavy atom. The second kappa shape index (κ2) is 9.31. The molecule has 1 heterocycles. The smallest absolute Gasteiger partial charge is 0.425 e. The molecule has 0 unspecified atom stereocenters. The zero-order chi connectivity index (χ0) is 20.7. The van der Waals surface area contributed by atoms with Gasteiger partial charge in [0.25, 0.3) is 5.69 Å². The molecule has 0 bridgehead atoms. The highest BCUT2D eigenvalue weighted by atomic mass is 16.6. The summed E-state index contributed by atoms with van der Waals surface area (Å²) in [6.07, 6.45) is -0.577. The molecular formula is C18H19N3O7. The number of carbonyl (C=O) groups is 2. The van der Waals surface area contributed by atoms with E-state index in [9.17, 15) is 19.7 Å². The topological polar surface area (TPSA) is 121 Å². The molecule has 148 valence electrons. The monoisotopic (exact) mass is 389 g/mol. The van der Waals surface area contributed by atoms with E-state index in [0.717, 1.165) is 0 Å². The van der Waals surface area contributed by atoms with Gasteiger partial charge < -0.3 is 14.2 Å². The first-order valence-corrected chi connectivity index (χ1v) is 8.40. The number of hydrogen-bond acceptors (Lipinski definition) is 8. The minimum Gasteiger partial charge on any atom is -0.457 e. The molecule has 2 rings (SSSR count). The minimum absolute atomic E-state index is 0.0535. The van der Waals surface area contributed by atoms with E-state index in [-0.39, 0.29) is 36.2 Å². The summed E-state index contributed by atoms with van der Waals surface area (Å²) in [5, 5.41) is 11.1. The SMILES string of the molecule is CCOC(=O)N(C(=O)OCC)c1cc(Oc2ccc(C)c([N+](=O)[O-])c2)ccn1. The predicted octanol–water partition coefficient (Wildman–Crippen LogP) is 4.21. The molecule has 0 atom stereocenters. The van der Waals surface area contributed by atoms with Crippen LogP contribution < -0.4 is 9.64 Å². The third-order valence-corrected chi connectivity index (χ3v) is 3.46. The first kappa shape index (κ1) is 20.6. The zero-order valence-electron chi connectivity index (χ0n) is 15.6. The molecule has 0 aliphatic rings. The average Bonchev–Trinajstić information content (AvgIpc) is 2.64. The van der Waals surface area contributed by atoms with Crippen LogP contribution in [-0.4, -0.2) is 35.3 Å². The second-order valence-electron chi connectivity index (χ2n) is 5.39. The fraction of sp³-hybridized carbons (Fsp3) is 0.278. The summed E-state index contributed by atoms with van der Waals surface area (Å²) in [5.41, 5.74) is 0.398. The molecule has 0 saturated carbocycles. The Morgan fingerprint density at radius 2 is 1.68 bits per heavy atom. The number of nitro groups is 1. The fourth-order valence-electron chi connectivity index (χ4n) is 2.21. The Bertz CT molecular complexity index is 867. The number of anilines is 1. The van der Waals surface area contributed by atoms with Crippen LogP contribution in [0.4, 0.5) is 21.1 Å².